The minimum atomic E-state index is -0.355. The summed E-state index contributed by atoms with van der Waals surface area (Å²) in [6.45, 7) is 6.32. The van der Waals surface area contributed by atoms with Crippen LogP contribution in [0, 0.1) is 5.82 Å². The number of hydrogen-bond acceptors (Lipinski definition) is 2. The average molecular weight is 431 g/mol. The number of benzene rings is 2. The predicted octanol–water partition coefficient (Wildman–Crippen LogP) is 4.33. The average Bonchev–Trinajstić information content (AvgIpc) is 3.07. The Bertz CT molecular complexity index is 913. The summed E-state index contributed by atoms with van der Waals surface area (Å²) in [5, 5.41) is 0. The van der Waals surface area contributed by atoms with E-state index in [0.29, 0.717) is 24.2 Å². The molecular weight excluding hydrogens is 411 g/mol. The lowest BCUT2D eigenvalue weighted by molar-refractivity contribution is -0.116. The maximum Gasteiger partial charge on any atom is 0.254 e. The molecule has 0 radical (unpaired) electrons. The van der Waals surface area contributed by atoms with E-state index >= 15 is 0 Å². The Kier molecular flexibility index (Phi) is 5.75. The van der Waals surface area contributed by atoms with E-state index in [9.17, 15) is 14.0 Å². The van der Waals surface area contributed by atoms with Crippen LogP contribution in [0.5, 0.6) is 0 Å². The Morgan fingerprint density at radius 3 is 2.78 bits per heavy atom. The number of fused-ring (bicyclic) bond motifs is 1. The van der Waals surface area contributed by atoms with Crippen molar-refractivity contribution in [3.05, 3.63) is 76.0 Å². The zero-order valence-corrected chi connectivity index (χ0v) is 16.6. The maximum absolute atomic E-state index is 14.1. The van der Waals surface area contributed by atoms with Crippen LogP contribution < -0.4 is 4.90 Å². The lowest BCUT2D eigenvalue weighted by atomic mass is 10.1. The van der Waals surface area contributed by atoms with E-state index in [-0.39, 0.29) is 24.2 Å². The van der Waals surface area contributed by atoms with Crippen LogP contribution >= 0.6 is 15.9 Å². The van der Waals surface area contributed by atoms with E-state index < -0.39 is 0 Å². The molecule has 0 atom stereocenters. The highest BCUT2D eigenvalue weighted by Gasteiger charge is 2.24. The van der Waals surface area contributed by atoms with Gasteiger partial charge in [-0.2, -0.15) is 0 Å². The quantitative estimate of drug-likeness (QED) is 0.662. The van der Waals surface area contributed by atoms with Gasteiger partial charge < -0.3 is 9.80 Å². The van der Waals surface area contributed by atoms with Gasteiger partial charge in [0.25, 0.3) is 5.91 Å². The number of nitrogens with zero attached hydrogens (tertiary/aromatic N) is 2. The number of carbonyl (C=O) groups excluding carboxylic acids is 2. The Balaban J connectivity index is 1.86. The van der Waals surface area contributed by atoms with Gasteiger partial charge in [-0.15, -0.1) is 6.58 Å². The van der Waals surface area contributed by atoms with Crippen molar-refractivity contribution in [1.82, 2.24) is 4.90 Å². The Morgan fingerprint density at radius 2 is 2.07 bits per heavy atom. The smallest absolute Gasteiger partial charge is 0.254 e. The van der Waals surface area contributed by atoms with Gasteiger partial charge in [-0.3, -0.25) is 9.59 Å². The molecule has 1 aliphatic heterocycles. The first-order valence-corrected chi connectivity index (χ1v) is 9.45. The van der Waals surface area contributed by atoms with Crippen molar-refractivity contribution < 1.29 is 14.0 Å². The molecule has 2 amide bonds. The second kappa shape index (κ2) is 8.05. The van der Waals surface area contributed by atoms with Crippen molar-refractivity contribution in [2.45, 2.75) is 19.9 Å². The van der Waals surface area contributed by atoms with Crippen LogP contribution in [0.2, 0.25) is 0 Å². The first kappa shape index (κ1) is 19.3. The van der Waals surface area contributed by atoms with Gasteiger partial charge in [-0.1, -0.05) is 22.0 Å². The Hall–Kier alpha value is -2.47. The fraction of sp³-hybridized carbons (Fsp3) is 0.238. The summed E-state index contributed by atoms with van der Waals surface area (Å²) in [7, 11) is 0. The standard InChI is InChI=1S/C21H20BrFN2O2/c1-3-9-24(13-17-12-18(22)5-6-19(17)23)21(27)16-4-7-20-15(11-16)8-10-25(20)14(2)26/h3-7,11-12H,1,8-10,13H2,2H3. The van der Waals surface area contributed by atoms with E-state index in [1.54, 1.807) is 34.1 Å². The molecule has 0 N–H and O–H groups in total. The molecule has 4 nitrogen and oxygen atoms in total. The van der Waals surface area contributed by atoms with Gasteiger partial charge in [0.2, 0.25) is 5.91 Å². The lowest BCUT2D eigenvalue weighted by Gasteiger charge is -2.22. The molecular formula is C21H20BrFN2O2. The van der Waals surface area contributed by atoms with Crippen LogP contribution in [0.25, 0.3) is 0 Å². The third-order valence-corrected chi connectivity index (χ3v) is 5.10. The molecule has 6 heteroatoms. The summed E-state index contributed by atoms with van der Waals surface area (Å²) >= 11 is 3.34. The number of hydrogen-bond donors (Lipinski definition) is 0. The Labute approximate surface area is 166 Å². The second-order valence-electron chi connectivity index (χ2n) is 6.47. The molecule has 2 aromatic rings. The normalized spacial score (nSPS) is 12.6. The molecule has 0 bridgehead atoms. The molecule has 0 saturated heterocycles. The van der Waals surface area contributed by atoms with Crippen molar-refractivity contribution in [3.63, 3.8) is 0 Å². The SMILES string of the molecule is C=CCN(Cc1cc(Br)ccc1F)C(=O)c1ccc2c(c1)CCN2C(C)=O. The number of amides is 2. The van der Waals surface area contributed by atoms with Crippen molar-refractivity contribution in [2.75, 3.05) is 18.0 Å². The lowest BCUT2D eigenvalue weighted by Crippen LogP contribution is -2.31. The van der Waals surface area contributed by atoms with Gasteiger partial charge in [0.1, 0.15) is 5.82 Å². The minimum absolute atomic E-state index is 0.00811. The summed E-state index contributed by atoms with van der Waals surface area (Å²) in [6.07, 6.45) is 2.34. The fourth-order valence-electron chi connectivity index (χ4n) is 3.29. The fourth-order valence-corrected chi connectivity index (χ4v) is 3.70. The minimum Gasteiger partial charge on any atom is -0.330 e. The van der Waals surface area contributed by atoms with Crippen molar-refractivity contribution in [3.8, 4) is 0 Å². The topological polar surface area (TPSA) is 40.6 Å². The van der Waals surface area contributed by atoms with Crippen LogP contribution in [0.1, 0.15) is 28.4 Å². The third kappa shape index (κ3) is 4.11. The zero-order valence-electron chi connectivity index (χ0n) is 15.0. The molecule has 3 rings (SSSR count). The first-order chi connectivity index (χ1) is 12.9. The van der Waals surface area contributed by atoms with E-state index in [1.165, 1.54) is 13.0 Å². The number of rotatable bonds is 5. The molecule has 0 fully saturated rings. The maximum atomic E-state index is 14.1. The predicted molar refractivity (Wildman–Crippen MR) is 107 cm³/mol. The molecule has 0 spiro atoms. The second-order valence-corrected chi connectivity index (χ2v) is 7.39. The van der Waals surface area contributed by atoms with Crippen molar-refractivity contribution >= 4 is 33.4 Å². The van der Waals surface area contributed by atoms with Crippen LogP contribution in [-0.4, -0.2) is 29.8 Å². The van der Waals surface area contributed by atoms with Crippen LogP contribution in [0.4, 0.5) is 10.1 Å². The van der Waals surface area contributed by atoms with Crippen LogP contribution in [0.3, 0.4) is 0 Å². The van der Waals surface area contributed by atoms with Crippen molar-refractivity contribution in [1.29, 1.82) is 0 Å². The highest BCUT2D eigenvalue weighted by Crippen LogP contribution is 2.29. The summed E-state index contributed by atoms with van der Waals surface area (Å²) in [4.78, 5) is 28.0. The van der Waals surface area contributed by atoms with Gasteiger partial charge >= 0.3 is 0 Å². The van der Waals surface area contributed by atoms with Gasteiger partial charge in [0.05, 0.1) is 0 Å². The first-order valence-electron chi connectivity index (χ1n) is 8.66. The molecule has 0 unspecified atom stereocenters. The summed E-state index contributed by atoms with van der Waals surface area (Å²) in [5.41, 5.74) is 2.79. The summed E-state index contributed by atoms with van der Waals surface area (Å²) in [6, 6.07) is 10.0. The number of carbonyl (C=O) groups is 2. The van der Waals surface area contributed by atoms with Gasteiger partial charge in [0.15, 0.2) is 0 Å². The van der Waals surface area contributed by atoms with E-state index in [1.807, 2.05) is 12.1 Å². The molecule has 0 aromatic heterocycles. The van der Waals surface area contributed by atoms with Gasteiger partial charge in [0, 0.05) is 47.8 Å². The summed E-state index contributed by atoms with van der Waals surface area (Å²) in [5.74, 6) is -0.560. The molecule has 1 aliphatic rings. The van der Waals surface area contributed by atoms with Crippen molar-refractivity contribution in [2.24, 2.45) is 0 Å². The molecule has 1 heterocycles. The summed E-state index contributed by atoms with van der Waals surface area (Å²) < 4.78 is 14.9. The number of halogens is 2. The number of anilines is 1. The van der Waals surface area contributed by atoms with E-state index in [0.717, 1.165) is 22.1 Å². The van der Waals surface area contributed by atoms with Gasteiger partial charge in [-0.25, -0.2) is 4.39 Å². The molecule has 0 aliphatic carbocycles. The Morgan fingerprint density at radius 1 is 1.30 bits per heavy atom. The monoisotopic (exact) mass is 430 g/mol. The molecule has 0 saturated carbocycles. The van der Waals surface area contributed by atoms with Crippen LogP contribution in [-0.2, 0) is 17.8 Å². The van der Waals surface area contributed by atoms with Gasteiger partial charge in [-0.05, 0) is 48.4 Å². The largest absolute Gasteiger partial charge is 0.330 e. The third-order valence-electron chi connectivity index (χ3n) is 4.61. The van der Waals surface area contributed by atoms with E-state index in [2.05, 4.69) is 22.5 Å². The van der Waals surface area contributed by atoms with E-state index in [4.69, 9.17) is 0 Å². The zero-order chi connectivity index (χ0) is 19.6. The van der Waals surface area contributed by atoms with Crippen LogP contribution in [0.15, 0.2) is 53.5 Å². The molecule has 27 heavy (non-hydrogen) atoms. The molecule has 140 valence electrons. The highest BCUT2D eigenvalue weighted by atomic mass is 79.9. The highest BCUT2D eigenvalue weighted by molar-refractivity contribution is 9.10. The molecule has 2 aromatic carbocycles.